The number of aryl methyl sites for hydroxylation is 2. The number of aromatic nitrogens is 1. The van der Waals surface area contributed by atoms with Crippen LogP contribution < -0.4 is 14.5 Å². The van der Waals surface area contributed by atoms with Gasteiger partial charge in [0.25, 0.3) is 15.9 Å². The van der Waals surface area contributed by atoms with Crippen molar-refractivity contribution in [1.29, 1.82) is 0 Å². The largest absolute Gasteiger partial charge is 0.351 e. The fourth-order valence-corrected chi connectivity index (χ4v) is 7.60. The summed E-state index contributed by atoms with van der Waals surface area (Å²) in [6.45, 7) is 11.3. The second kappa shape index (κ2) is 12.0. The second-order valence-corrected chi connectivity index (χ2v) is 12.8. The molecule has 1 aliphatic rings. The van der Waals surface area contributed by atoms with Gasteiger partial charge in [-0.2, -0.15) is 0 Å². The highest BCUT2D eigenvalue weighted by Crippen LogP contribution is 2.33. The van der Waals surface area contributed by atoms with Crippen LogP contribution in [0.15, 0.2) is 71.6 Å². The van der Waals surface area contributed by atoms with E-state index in [-0.39, 0.29) is 10.8 Å². The number of hydrogen-bond donors (Lipinski definition) is 1. The predicted octanol–water partition coefficient (Wildman–Crippen LogP) is 4.68. The molecule has 1 fully saturated rings. The van der Waals surface area contributed by atoms with E-state index in [2.05, 4.69) is 41.1 Å². The molecular formula is C30H35N5O3S2. The number of sulfonamides is 1. The van der Waals surface area contributed by atoms with Crippen LogP contribution in [0.2, 0.25) is 0 Å². The summed E-state index contributed by atoms with van der Waals surface area (Å²) in [5, 5.41) is 4.05. The molecule has 0 atom stereocenters. The molecule has 210 valence electrons. The number of nitrogens with zero attached hydrogens (tertiary/aromatic N) is 4. The van der Waals surface area contributed by atoms with Crippen molar-refractivity contribution in [2.45, 2.75) is 25.7 Å². The maximum Gasteiger partial charge on any atom is 0.264 e. The van der Waals surface area contributed by atoms with Gasteiger partial charge in [0.05, 0.1) is 20.8 Å². The number of anilines is 2. The van der Waals surface area contributed by atoms with Crippen molar-refractivity contribution >= 4 is 48.3 Å². The Bertz CT molecular complexity index is 1540. The molecule has 1 aromatic heterocycles. The Hall–Kier alpha value is -3.47. The topological polar surface area (TPSA) is 85.8 Å². The quantitative estimate of drug-likeness (QED) is 0.311. The summed E-state index contributed by atoms with van der Waals surface area (Å²) in [6.07, 6.45) is 0. The van der Waals surface area contributed by atoms with Crippen LogP contribution in [0, 0.1) is 13.8 Å². The number of benzene rings is 3. The minimum Gasteiger partial charge on any atom is -0.351 e. The van der Waals surface area contributed by atoms with E-state index in [0.717, 1.165) is 43.4 Å². The number of para-hydroxylation sites is 1. The third-order valence-corrected chi connectivity index (χ3v) is 10.5. The second-order valence-electron chi connectivity index (χ2n) is 9.99. The number of rotatable bonds is 9. The molecule has 0 saturated carbocycles. The summed E-state index contributed by atoms with van der Waals surface area (Å²) in [4.78, 5) is 22.5. The Morgan fingerprint density at radius 1 is 0.950 bits per heavy atom. The van der Waals surface area contributed by atoms with Crippen LogP contribution in [-0.2, 0) is 10.0 Å². The fraction of sp³-hybridized carbons (Fsp3) is 0.333. The van der Waals surface area contributed by atoms with Crippen LogP contribution in [0.25, 0.3) is 10.2 Å². The molecule has 0 bridgehead atoms. The lowest BCUT2D eigenvalue weighted by Crippen LogP contribution is -2.48. The van der Waals surface area contributed by atoms with E-state index in [0.29, 0.717) is 24.3 Å². The number of carbonyl (C=O) groups is 1. The molecule has 1 amide bonds. The monoisotopic (exact) mass is 577 g/mol. The van der Waals surface area contributed by atoms with Crippen molar-refractivity contribution in [3.63, 3.8) is 0 Å². The normalized spacial score (nSPS) is 14.4. The van der Waals surface area contributed by atoms with Crippen LogP contribution in [-0.4, -0.2) is 70.0 Å². The number of fused-ring (bicyclic) bond motifs is 1. The van der Waals surface area contributed by atoms with E-state index >= 15 is 0 Å². The Morgan fingerprint density at radius 2 is 1.62 bits per heavy atom. The lowest BCUT2D eigenvalue weighted by atomic mass is 10.1. The predicted molar refractivity (Wildman–Crippen MR) is 163 cm³/mol. The molecule has 40 heavy (non-hydrogen) atoms. The SMILES string of the molecule is CCN(c1ccccc1)S(=O)(=O)c1ccc(C(=O)NCCN2CCN(c3nc4c(C)ccc(C)c4s3)CC2)cc1. The van der Waals surface area contributed by atoms with Gasteiger partial charge >= 0.3 is 0 Å². The summed E-state index contributed by atoms with van der Waals surface area (Å²) in [5.74, 6) is -0.210. The molecular weight excluding hydrogens is 542 g/mol. The van der Waals surface area contributed by atoms with E-state index in [9.17, 15) is 13.2 Å². The highest BCUT2D eigenvalue weighted by molar-refractivity contribution is 7.92. The summed E-state index contributed by atoms with van der Waals surface area (Å²) in [7, 11) is -3.73. The molecule has 0 aliphatic carbocycles. The van der Waals surface area contributed by atoms with Gasteiger partial charge in [-0.25, -0.2) is 13.4 Å². The molecule has 1 saturated heterocycles. The zero-order chi connectivity index (χ0) is 28.3. The summed E-state index contributed by atoms with van der Waals surface area (Å²) < 4.78 is 29.0. The standard InChI is InChI=1S/C30H35N5O3S2/c1-4-35(25-8-6-5-7-9-25)40(37,38)26-14-12-24(13-15-26)29(36)31-16-17-33-18-20-34(21-19-33)30-32-27-22(2)10-11-23(3)28(27)39-30/h5-15H,4,16-21H2,1-3H3,(H,31,36). The Morgan fingerprint density at radius 3 is 2.27 bits per heavy atom. The zero-order valence-corrected chi connectivity index (χ0v) is 24.8. The van der Waals surface area contributed by atoms with Gasteiger partial charge in [0.15, 0.2) is 5.13 Å². The number of nitrogens with one attached hydrogen (secondary N) is 1. The van der Waals surface area contributed by atoms with Gasteiger partial charge in [-0.1, -0.05) is 41.7 Å². The van der Waals surface area contributed by atoms with Crippen molar-refractivity contribution in [1.82, 2.24) is 15.2 Å². The fourth-order valence-electron chi connectivity index (χ4n) is 4.97. The molecule has 0 radical (unpaired) electrons. The Balaban J connectivity index is 1.12. The van der Waals surface area contributed by atoms with Crippen LogP contribution in [0.1, 0.15) is 28.4 Å². The van der Waals surface area contributed by atoms with E-state index in [4.69, 9.17) is 4.98 Å². The molecule has 8 nitrogen and oxygen atoms in total. The molecule has 3 aromatic carbocycles. The van der Waals surface area contributed by atoms with Gasteiger partial charge in [-0.15, -0.1) is 0 Å². The van der Waals surface area contributed by atoms with Crippen molar-refractivity contribution in [3.05, 3.63) is 83.4 Å². The maximum atomic E-state index is 13.2. The number of amides is 1. The molecule has 5 rings (SSSR count). The first-order chi connectivity index (χ1) is 19.3. The Labute approximate surface area is 240 Å². The van der Waals surface area contributed by atoms with E-state index < -0.39 is 10.0 Å². The highest BCUT2D eigenvalue weighted by Gasteiger charge is 2.24. The van der Waals surface area contributed by atoms with Crippen LogP contribution in [0.5, 0.6) is 0 Å². The zero-order valence-electron chi connectivity index (χ0n) is 23.1. The third-order valence-electron chi connectivity index (χ3n) is 7.32. The van der Waals surface area contributed by atoms with Crippen LogP contribution >= 0.6 is 11.3 Å². The van der Waals surface area contributed by atoms with Crippen LogP contribution in [0.4, 0.5) is 10.8 Å². The van der Waals surface area contributed by atoms with Gasteiger partial charge in [0.2, 0.25) is 0 Å². The molecule has 2 heterocycles. The van der Waals surface area contributed by atoms with E-state index in [1.165, 1.54) is 32.3 Å². The lowest BCUT2D eigenvalue weighted by molar-refractivity contribution is 0.0947. The molecule has 1 N–H and O–H groups in total. The van der Waals surface area contributed by atoms with Crippen molar-refractivity contribution < 1.29 is 13.2 Å². The molecule has 0 spiro atoms. The third kappa shape index (κ3) is 5.84. The van der Waals surface area contributed by atoms with Crippen molar-refractivity contribution in [2.24, 2.45) is 0 Å². The molecule has 0 unspecified atom stereocenters. The molecule has 4 aromatic rings. The minimum atomic E-state index is -3.73. The average molecular weight is 578 g/mol. The summed E-state index contributed by atoms with van der Waals surface area (Å²) >= 11 is 1.77. The van der Waals surface area contributed by atoms with Crippen molar-refractivity contribution in [3.8, 4) is 0 Å². The smallest absolute Gasteiger partial charge is 0.264 e. The average Bonchev–Trinajstić information content (AvgIpc) is 3.43. The first-order valence-electron chi connectivity index (χ1n) is 13.6. The Kier molecular flexibility index (Phi) is 8.39. The molecule has 1 aliphatic heterocycles. The van der Waals surface area contributed by atoms with Crippen LogP contribution in [0.3, 0.4) is 0 Å². The lowest BCUT2D eigenvalue weighted by Gasteiger charge is -2.34. The first-order valence-corrected chi connectivity index (χ1v) is 15.8. The number of carbonyl (C=O) groups excluding carboxylic acids is 1. The van der Waals surface area contributed by atoms with Gasteiger partial charge in [0.1, 0.15) is 0 Å². The number of piperazine rings is 1. The van der Waals surface area contributed by atoms with Crippen molar-refractivity contribution in [2.75, 3.05) is 55.0 Å². The van der Waals surface area contributed by atoms with E-state index in [1.807, 2.05) is 18.2 Å². The summed E-state index contributed by atoms with van der Waals surface area (Å²) in [5.41, 5.74) is 4.63. The van der Waals surface area contributed by atoms with Gasteiger partial charge in [0, 0.05) is 51.4 Å². The highest BCUT2D eigenvalue weighted by atomic mass is 32.2. The number of thiazole rings is 1. The minimum absolute atomic E-state index is 0.158. The van der Waals surface area contributed by atoms with Gasteiger partial charge in [-0.05, 0) is 68.3 Å². The maximum absolute atomic E-state index is 13.2. The van der Waals surface area contributed by atoms with Gasteiger partial charge in [-0.3, -0.25) is 14.0 Å². The number of hydrogen-bond acceptors (Lipinski definition) is 7. The van der Waals surface area contributed by atoms with E-state index in [1.54, 1.807) is 42.5 Å². The first kappa shape index (κ1) is 28.1. The summed E-state index contributed by atoms with van der Waals surface area (Å²) in [6, 6.07) is 19.4. The molecule has 10 heteroatoms. The van der Waals surface area contributed by atoms with Gasteiger partial charge < -0.3 is 10.2 Å².